The van der Waals surface area contributed by atoms with Gasteiger partial charge >= 0.3 is 0 Å². The molecule has 5 nitrogen and oxygen atoms in total. The van der Waals surface area contributed by atoms with E-state index in [2.05, 4.69) is 10.6 Å². The minimum absolute atomic E-state index is 0.206. The maximum atomic E-state index is 12.2. The number of carbonyl (C=O) groups is 1. The van der Waals surface area contributed by atoms with Crippen LogP contribution in [0.3, 0.4) is 0 Å². The predicted octanol–water partition coefficient (Wildman–Crippen LogP) is 6.59. The van der Waals surface area contributed by atoms with Crippen LogP contribution in [0.25, 0.3) is 0 Å². The molecule has 3 aromatic rings. The molecule has 1 amide bonds. The summed E-state index contributed by atoms with van der Waals surface area (Å²) >= 11 is 18.5. The lowest BCUT2D eigenvalue weighted by Crippen LogP contribution is -2.20. The lowest BCUT2D eigenvalue weighted by Gasteiger charge is -2.15. The highest BCUT2D eigenvalue weighted by Crippen LogP contribution is 2.37. The van der Waals surface area contributed by atoms with Gasteiger partial charge in [-0.25, -0.2) is 0 Å². The summed E-state index contributed by atoms with van der Waals surface area (Å²) in [5.74, 6) is 0.427. The van der Waals surface area contributed by atoms with E-state index in [1.165, 1.54) is 7.11 Å². The zero-order chi connectivity index (χ0) is 22.4. The Morgan fingerprint density at radius 1 is 0.968 bits per heavy atom. The van der Waals surface area contributed by atoms with Crippen LogP contribution in [0, 0.1) is 6.92 Å². The summed E-state index contributed by atoms with van der Waals surface area (Å²) in [5, 5.41) is 7.42. The average Bonchev–Trinajstić information content (AvgIpc) is 2.73. The minimum atomic E-state index is -0.301. The first-order valence-corrected chi connectivity index (χ1v) is 10.5. The molecule has 0 spiro atoms. The molecule has 0 radical (unpaired) electrons. The van der Waals surface area contributed by atoms with Crippen LogP contribution in [0.4, 0.5) is 11.4 Å². The summed E-state index contributed by atoms with van der Waals surface area (Å²) in [6.07, 6.45) is 0. The van der Waals surface area contributed by atoms with Gasteiger partial charge in [-0.05, 0) is 55.0 Å². The summed E-state index contributed by atoms with van der Waals surface area (Å²) in [5.41, 5.74) is 3.40. The van der Waals surface area contributed by atoms with Gasteiger partial charge < -0.3 is 20.1 Å². The van der Waals surface area contributed by atoms with Crippen LogP contribution in [-0.2, 0) is 11.3 Å². The quantitative estimate of drug-likeness (QED) is 0.382. The van der Waals surface area contributed by atoms with Crippen LogP contribution in [0.5, 0.6) is 11.5 Å². The molecule has 162 valence electrons. The van der Waals surface area contributed by atoms with E-state index in [0.29, 0.717) is 38.8 Å². The van der Waals surface area contributed by atoms with Gasteiger partial charge in [0.05, 0.1) is 22.8 Å². The van der Waals surface area contributed by atoms with E-state index in [1.54, 1.807) is 30.3 Å². The molecule has 0 aliphatic carbocycles. The number of aryl methyl sites for hydroxylation is 1. The minimum Gasteiger partial charge on any atom is -0.493 e. The molecule has 3 aromatic carbocycles. The van der Waals surface area contributed by atoms with E-state index < -0.39 is 0 Å². The van der Waals surface area contributed by atoms with Crippen molar-refractivity contribution < 1.29 is 14.3 Å². The third kappa shape index (κ3) is 6.44. The summed E-state index contributed by atoms with van der Waals surface area (Å²) in [7, 11) is 1.51. The van der Waals surface area contributed by atoms with E-state index >= 15 is 0 Å². The molecule has 0 saturated carbocycles. The van der Waals surface area contributed by atoms with E-state index in [4.69, 9.17) is 44.3 Å². The van der Waals surface area contributed by atoms with Crippen LogP contribution >= 0.6 is 34.8 Å². The number of halogens is 3. The molecular weight excluding hydrogens is 459 g/mol. The zero-order valence-corrected chi connectivity index (χ0v) is 19.2. The van der Waals surface area contributed by atoms with Crippen molar-refractivity contribution in [3.05, 3.63) is 80.8 Å². The molecule has 3 rings (SSSR count). The zero-order valence-electron chi connectivity index (χ0n) is 17.0. The second-order valence-corrected chi connectivity index (χ2v) is 8.04. The summed E-state index contributed by atoms with van der Waals surface area (Å²) in [6, 6.07) is 16.2. The monoisotopic (exact) mass is 478 g/mol. The Balaban J connectivity index is 1.64. The predicted molar refractivity (Wildman–Crippen MR) is 127 cm³/mol. The fourth-order valence-electron chi connectivity index (χ4n) is 2.82. The maximum absolute atomic E-state index is 12.2. The van der Waals surface area contributed by atoms with Gasteiger partial charge in [-0.15, -0.1) is 0 Å². The number of amides is 1. The number of hydrogen-bond acceptors (Lipinski definition) is 4. The fraction of sp³-hybridized carbons (Fsp3) is 0.174. The first kappa shape index (κ1) is 23.1. The van der Waals surface area contributed by atoms with Gasteiger partial charge in [-0.1, -0.05) is 52.5 Å². The van der Waals surface area contributed by atoms with Crippen molar-refractivity contribution in [3.63, 3.8) is 0 Å². The van der Waals surface area contributed by atoms with Gasteiger partial charge in [0.25, 0.3) is 5.91 Å². The van der Waals surface area contributed by atoms with Crippen LogP contribution in [0.15, 0.2) is 54.6 Å². The molecule has 0 aromatic heterocycles. The SMILES string of the molecule is COc1cc(CNc2ccc(Cl)cc2Cl)cc(Cl)c1OCC(=O)Nc1ccc(C)cc1. The number of carbonyl (C=O) groups excluding carboxylic acids is 1. The summed E-state index contributed by atoms with van der Waals surface area (Å²) in [6.45, 7) is 2.22. The van der Waals surface area contributed by atoms with E-state index in [-0.39, 0.29) is 12.5 Å². The number of hydrogen-bond donors (Lipinski definition) is 2. The van der Waals surface area contributed by atoms with Crippen molar-refractivity contribution >= 4 is 52.1 Å². The second-order valence-electron chi connectivity index (χ2n) is 6.79. The summed E-state index contributed by atoms with van der Waals surface area (Å²) in [4.78, 5) is 12.2. The van der Waals surface area contributed by atoms with Crippen molar-refractivity contribution in [1.29, 1.82) is 0 Å². The average molecular weight is 480 g/mol. The van der Waals surface area contributed by atoms with Gasteiger partial charge in [-0.3, -0.25) is 4.79 Å². The van der Waals surface area contributed by atoms with Crippen LogP contribution in [0.1, 0.15) is 11.1 Å². The van der Waals surface area contributed by atoms with Crippen LogP contribution in [0.2, 0.25) is 15.1 Å². The lowest BCUT2D eigenvalue weighted by molar-refractivity contribution is -0.118. The van der Waals surface area contributed by atoms with Crippen LogP contribution in [-0.4, -0.2) is 19.6 Å². The number of ether oxygens (including phenoxy) is 2. The Hall–Kier alpha value is -2.60. The Labute approximate surface area is 196 Å². The van der Waals surface area contributed by atoms with Gasteiger partial charge in [0.1, 0.15) is 0 Å². The van der Waals surface area contributed by atoms with Crippen molar-refractivity contribution in [2.24, 2.45) is 0 Å². The van der Waals surface area contributed by atoms with Gasteiger partial charge in [0, 0.05) is 17.3 Å². The maximum Gasteiger partial charge on any atom is 0.262 e. The van der Waals surface area contributed by atoms with Crippen molar-refractivity contribution in [3.8, 4) is 11.5 Å². The smallest absolute Gasteiger partial charge is 0.262 e. The van der Waals surface area contributed by atoms with Gasteiger partial charge in [-0.2, -0.15) is 0 Å². The molecular formula is C23H21Cl3N2O3. The third-order valence-corrected chi connectivity index (χ3v) is 5.21. The molecule has 0 heterocycles. The van der Waals surface area contributed by atoms with Crippen molar-refractivity contribution in [2.75, 3.05) is 24.4 Å². The molecule has 0 bridgehead atoms. The molecule has 0 aliphatic rings. The highest BCUT2D eigenvalue weighted by atomic mass is 35.5. The van der Waals surface area contributed by atoms with E-state index in [1.807, 2.05) is 31.2 Å². The Morgan fingerprint density at radius 2 is 1.71 bits per heavy atom. The highest BCUT2D eigenvalue weighted by molar-refractivity contribution is 6.36. The van der Waals surface area contributed by atoms with Gasteiger partial charge in [0.2, 0.25) is 0 Å². The first-order valence-electron chi connectivity index (χ1n) is 9.40. The number of methoxy groups -OCH3 is 1. The molecule has 0 saturated heterocycles. The van der Waals surface area contributed by atoms with E-state index in [9.17, 15) is 4.79 Å². The molecule has 2 N–H and O–H groups in total. The topological polar surface area (TPSA) is 59.6 Å². The third-order valence-electron chi connectivity index (χ3n) is 4.39. The molecule has 0 fully saturated rings. The Morgan fingerprint density at radius 3 is 2.39 bits per heavy atom. The van der Waals surface area contributed by atoms with Crippen LogP contribution < -0.4 is 20.1 Å². The Kier molecular flexibility index (Phi) is 7.91. The standard InChI is InChI=1S/C23H21Cl3N2O3/c1-14-3-6-17(7-4-14)28-22(29)13-31-23-19(26)9-15(10-21(23)30-2)12-27-20-8-5-16(24)11-18(20)25/h3-11,27H,12-13H2,1-2H3,(H,28,29). The first-order chi connectivity index (χ1) is 14.9. The number of rotatable bonds is 8. The largest absolute Gasteiger partial charge is 0.493 e. The molecule has 0 atom stereocenters. The number of benzene rings is 3. The molecule has 0 aliphatic heterocycles. The Bertz CT molecular complexity index is 1070. The number of nitrogens with one attached hydrogen (secondary N) is 2. The van der Waals surface area contributed by atoms with Crippen molar-refractivity contribution in [2.45, 2.75) is 13.5 Å². The molecule has 31 heavy (non-hydrogen) atoms. The normalized spacial score (nSPS) is 10.5. The fourth-order valence-corrected chi connectivity index (χ4v) is 3.58. The lowest BCUT2D eigenvalue weighted by atomic mass is 10.2. The summed E-state index contributed by atoms with van der Waals surface area (Å²) < 4.78 is 11.1. The highest BCUT2D eigenvalue weighted by Gasteiger charge is 2.14. The second kappa shape index (κ2) is 10.6. The molecule has 8 heteroatoms. The number of anilines is 2. The van der Waals surface area contributed by atoms with Gasteiger partial charge in [0.15, 0.2) is 18.1 Å². The molecule has 0 unspecified atom stereocenters. The van der Waals surface area contributed by atoms with Crippen molar-refractivity contribution in [1.82, 2.24) is 0 Å². The van der Waals surface area contributed by atoms with E-state index in [0.717, 1.165) is 16.8 Å².